The van der Waals surface area contributed by atoms with Crippen molar-refractivity contribution in [2.45, 2.75) is 31.5 Å². The molecule has 2 atom stereocenters. The Morgan fingerprint density at radius 3 is 2.64 bits per heavy atom. The van der Waals surface area contributed by atoms with Gasteiger partial charge in [-0.05, 0) is 24.0 Å². The number of benzene rings is 2. The number of Topliss-reactive ketones (excluding diaryl/α,β-unsaturated/α-hetero) is 1. The molecule has 0 saturated heterocycles. The van der Waals surface area contributed by atoms with E-state index in [1.165, 1.54) is 11.1 Å². The summed E-state index contributed by atoms with van der Waals surface area (Å²) in [6.45, 7) is 3.81. The molecule has 0 amide bonds. The maximum atomic E-state index is 12.4. The van der Waals surface area contributed by atoms with Gasteiger partial charge in [-0.1, -0.05) is 60.7 Å². The first-order valence-corrected chi connectivity index (χ1v) is 7.70. The van der Waals surface area contributed by atoms with Crippen molar-refractivity contribution in [2.75, 3.05) is 0 Å². The second-order valence-electron chi connectivity index (χ2n) is 5.67. The van der Waals surface area contributed by atoms with Gasteiger partial charge in [-0.25, -0.2) is 0 Å². The fraction of sp³-hybridized carbons (Fsp3) is 0.250. The molecule has 1 aliphatic heterocycles. The van der Waals surface area contributed by atoms with Gasteiger partial charge in [0.25, 0.3) is 0 Å². The van der Waals surface area contributed by atoms with E-state index in [4.69, 9.17) is 4.74 Å². The highest BCUT2D eigenvalue weighted by molar-refractivity contribution is 5.96. The Hall–Kier alpha value is -2.19. The lowest BCUT2D eigenvalue weighted by Crippen LogP contribution is -2.28. The Kier molecular flexibility index (Phi) is 4.50. The van der Waals surface area contributed by atoms with Crippen molar-refractivity contribution in [3.8, 4) is 0 Å². The highest BCUT2D eigenvalue weighted by Crippen LogP contribution is 2.34. The van der Waals surface area contributed by atoms with Crippen molar-refractivity contribution < 1.29 is 9.53 Å². The molecule has 0 aromatic heterocycles. The summed E-state index contributed by atoms with van der Waals surface area (Å²) in [5.41, 5.74) is 3.27. The van der Waals surface area contributed by atoms with E-state index in [2.05, 4.69) is 18.7 Å². The number of ether oxygens (including phenoxy) is 1. The van der Waals surface area contributed by atoms with E-state index in [0.717, 1.165) is 18.4 Å². The van der Waals surface area contributed by atoms with Crippen LogP contribution in [-0.2, 0) is 11.2 Å². The van der Waals surface area contributed by atoms with Crippen LogP contribution in [0.5, 0.6) is 0 Å². The van der Waals surface area contributed by atoms with Gasteiger partial charge >= 0.3 is 0 Å². The molecular weight excluding hydrogens is 272 g/mol. The lowest BCUT2D eigenvalue weighted by molar-refractivity contribution is -0.0244. The smallest absolute Gasteiger partial charge is 0.165 e. The molecule has 0 saturated carbocycles. The summed E-state index contributed by atoms with van der Waals surface area (Å²) in [6, 6.07) is 17.8. The largest absolute Gasteiger partial charge is 0.369 e. The number of carbonyl (C=O) groups excluding carboxylic acids is 1. The molecule has 112 valence electrons. The molecule has 22 heavy (non-hydrogen) atoms. The van der Waals surface area contributed by atoms with Gasteiger partial charge in [0.15, 0.2) is 5.78 Å². The van der Waals surface area contributed by atoms with Crippen LogP contribution < -0.4 is 0 Å². The number of rotatable bonds is 5. The van der Waals surface area contributed by atoms with Crippen LogP contribution in [0.2, 0.25) is 0 Å². The first-order valence-electron chi connectivity index (χ1n) is 7.70. The van der Waals surface area contributed by atoms with Crippen LogP contribution in [-0.4, -0.2) is 11.9 Å². The molecule has 0 unspecified atom stereocenters. The Morgan fingerprint density at radius 2 is 1.86 bits per heavy atom. The van der Waals surface area contributed by atoms with Crippen LogP contribution in [0.3, 0.4) is 0 Å². The molecule has 1 heterocycles. The van der Waals surface area contributed by atoms with Crippen molar-refractivity contribution >= 4 is 5.78 Å². The molecule has 0 spiro atoms. The summed E-state index contributed by atoms with van der Waals surface area (Å²) >= 11 is 0. The molecular formula is C20H20O2. The van der Waals surface area contributed by atoms with Gasteiger partial charge in [-0.2, -0.15) is 0 Å². The third kappa shape index (κ3) is 3.18. The van der Waals surface area contributed by atoms with Crippen LogP contribution in [0.1, 0.15) is 40.4 Å². The number of carbonyl (C=O) groups is 1. The molecule has 0 fully saturated rings. The summed E-state index contributed by atoms with van der Waals surface area (Å²) in [6.07, 6.45) is 3.81. The number of ketones is 1. The zero-order valence-corrected chi connectivity index (χ0v) is 12.6. The van der Waals surface area contributed by atoms with Crippen molar-refractivity contribution in [2.24, 2.45) is 0 Å². The Labute approximate surface area is 131 Å². The van der Waals surface area contributed by atoms with E-state index in [-0.39, 0.29) is 18.0 Å². The summed E-state index contributed by atoms with van der Waals surface area (Å²) in [4.78, 5) is 12.4. The zero-order valence-electron chi connectivity index (χ0n) is 12.6. The van der Waals surface area contributed by atoms with Gasteiger partial charge in [-0.15, -0.1) is 6.58 Å². The maximum Gasteiger partial charge on any atom is 0.165 e. The van der Waals surface area contributed by atoms with E-state index in [0.29, 0.717) is 6.42 Å². The predicted molar refractivity (Wildman–Crippen MR) is 88.0 cm³/mol. The highest BCUT2D eigenvalue weighted by Gasteiger charge is 2.28. The first-order chi connectivity index (χ1) is 10.8. The summed E-state index contributed by atoms with van der Waals surface area (Å²) in [5, 5.41) is 0. The lowest BCUT2D eigenvalue weighted by Gasteiger charge is -2.31. The number of hydrogen-bond acceptors (Lipinski definition) is 2. The van der Waals surface area contributed by atoms with Crippen molar-refractivity contribution in [3.05, 3.63) is 83.9 Å². The van der Waals surface area contributed by atoms with Gasteiger partial charge in [0.05, 0.1) is 12.2 Å². The van der Waals surface area contributed by atoms with Crippen molar-refractivity contribution in [1.29, 1.82) is 0 Å². The zero-order chi connectivity index (χ0) is 15.4. The SMILES string of the molecule is C=CC[C@H]1O[C@H](CC(=O)c2ccccc2)Cc2ccccc21. The summed E-state index contributed by atoms with van der Waals surface area (Å²) in [7, 11) is 0. The predicted octanol–water partition coefficient (Wildman–Crippen LogP) is 4.52. The lowest BCUT2D eigenvalue weighted by atomic mass is 9.90. The fourth-order valence-corrected chi connectivity index (χ4v) is 3.04. The van der Waals surface area contributed by atoms with Gasteiger partial charge in [0.1, 0.15) is 0 Å². The minimum absolute atomic E-state index is 0.0102. The number of hydrogen-bond donors (Lipinski definition) is 0. The second-order valence-corrected chi connectivity index (χ2v) is 5.67. The van der Waals surface area contributed by atoms with E-state index in [1.54, 1.807) is 0 Å². The average molecular weight is 292 g/mol. The fourth-order valence-electron chi connectivity index (χ4n) is 3.04. The van der Waals surface area contributed by atoms with E-state index in [9.17, 15) is 4.79 Å². The first kappa shape index (κ1) is 14.7. The molecule has 2 nitrogen and oxygen atoms in total. The minimum Gasteiger partial charge on any atom is -0.369 e. The molecule has 0 N–H and O–H groups in total. The van der Waals surface area contributed by atoms with Crippen LogP contribution in [0.25, 0.3) is 0 Å². The molecule has 0 aliphatic carbocycles. The van der Waals surface area contributed by atoms with Crippen molar-refractivity contribution in [1.82, 2.24) is 0 Å². The summed E-state index contributed by atoms with van der Waals surface area (Å²) < 4.78 is 6.15. The third-order valence-corrected chi connectivity index (χ3v) is 4.10. The van der Waals surface area contributed by atoms with Gasteiger partial charge < -0.3 is 4.74 Å². The molecule has 0 bridgehead atoms. The third-order valence-electron chi connectivity index (χ3n) is 4.10. The van der Waals surface area contributed by atoms with Gasteiger partial charge in [0.2, 0.25) is 0 Å². The average Bonchev–Trinajstić information content (AvgIpc) is 2.56. The Bertz CT molecular complexity index is 660. The normalized spacial score (nSPS) is 20.2. The Morgan fingerprint density at radius 1 is 1.14 bits per heavy atom. The highest BCUT2D eigenvalue weighted by atomic mass is 16.5. The van der Waals surface area contributed by atoms with Gasteiger partial charge in [-0.3, -0.25) is 4.79 Å². The quantitative estimate of drug-likeness (QED) is 0.598. The van der Waals surface area contributed by atoms with Crippen LogP contribution >= 0.6 is 0 Å². The molecule has 3 rings (SSSR count). The van der Waals surface area contributed by atoms with E-state index < -0.39 is 0 Å². The van der Waals surface area contributed by atoms with Crippen molar-refractivity contribution in [3.63, 3.8) is 0 Å². The van der Waals surface area contributed by atoms with Gasteiger partial charge in [0, 0.05) is 12.0 Å². The van der Waals surface area contributed by atoms with E-state index in [1.807, 2.05) is 48.5 Å². The molecule has 0 radical (unpaired) electrons. The van der Waals surface area contributed by atoms with Crippen LogP contribution in [0.15, 0.2) is 67.3 Å². The monoisotopic (exact) mass is 292 g/mol. The Balaban J connectivity index is 1.76. The second kappa shape index (κ2) is 6.71. The minimum atomic E-state index is -0.0624. The van der Waals surface area contributed by atoms with Crippen LogP contribution in [0, 0.1) is 0 Å². The summed E-state index contributed by atoms with van der Waals surface area (Å²) in [5.74, 6) is 0.141. The van der Waals surface area contributed by atoms with E-state index >= 15 is 0 Å². The molecule has 2 heteroatoms. The molecule has 2 aromatic rings. The molecule has 1 aliphatic rings. The molecule has 2 aromatic carbocycles. The standard InChI is InChI=1S/C20H20O2/c1-2-8-20-18-12-7-6-11-16(18)13-17(22-20)14-19(21)15-9-4-3-5-10-15/h2-7,9-12,17,20H,1,8,13-14H2/t17-,20+/m0/s1. The topological polar surface area (TPSA) is 26.3 Å². The number of fused-ring (bicyclic) bond motifs is 1. The van der Waals surface area contributed by atoms with Crippen LogP contribution in [0.4, 0.5) is 0 Å². The maximum absolute atomic E-state index is 12.4.